The molecule has 1 aromatic rings. The highest BCUT2D eigenvalue weighted by Gasteiger charge is 2.25. The van der Waals surface area contributed by atoms with Crippen LogP contribution in [-0.4, -0.2) is 51.7 Å². The standard InChI is InChI=1S/C13H21NO5S/c1-10(15)7-8-14(2)20(16,17)13-9-11(18-3)5-6-12(13)19-4/h5-6,9-10,15H,7-8H2,1-4H3. The average Bonchev–Trinajstić information content (AvgIpc) is 2.43. The molecule has 0 amide bonds. The van der Waals surface area contributed by atoms with E-state index in [1.165, 1.54) is 31.6 Å². The van der Waals surface area contributed by atoms with Gasteiger partial charge in [0.15, 0.2) is 0 Å². The predicted octanol–water partition coefficient (Wildman–Crippen LogP) is 1.10. The van der Waals surface area contributed by atoms with E-state index in [1.54, 1.807) is 19.1 Å². The Morgan fingerprint density at radius 1 is 1.30 bits per heavy atom. The Kier molecular flexibility index (Phi) is 5.79. The maximum atomic E-state index is 12.5. The minimum atomic E-state index is -3.69. The molecule has 1 aromatic carbocycles. The molecular weight excluding hydrogens is 282 g/mol. The molecule has 0 bridgehead atoms. The highest BCUT2D eigenvalue weighted by atomic mass is 32.2. The number of methoxy groups -OCH3 is 2. The summed E-state index contributed by atoms with van der Waals surface area (Å²) in [6.45, 7) is 1.84. The van der Waals surface area contributed by atoms with E-state index in [-0.39, 0.29) is 17.2 Å². The topological polar surface area (TPSA) is 76.1 Å². The minimum Gasteiger partial charge on any atom is -0.497 e. The third-order valence-electron chi connectivity index (χ3n) is 2.92. The van der Waals surface area contributed by atoms with Gasteiger partial charge in [-0.1, -0.05) is 0 Å². The predicted molar refractivity (Wildman–Crippen MR) is 75.7 cm³/mol. The molecule has 6 nitrogen and oxygen atoms in total. The average molecular weight is 303 g/mol. The van der Waals surface area contributed by atoms with Gasteiger partial charge in [0.05, 0.1) is 20.3 Å². The zero-order valence-electron chi connectivity index (χ0n) is 12.2. The van der Waals surface area contributed by atoms with Crippen molar-refractivity contribution in [1.29, 1.82) is 0 Å². The molecule has 1 N–H and O–H groups in total. The van der Waals surface area contributed by atoms with E-state index >= 15 is 0 Å². The normalized spacial score (nSPS) is 13.3. The summed E-state index contributed by atoms with van der Waals surface area (Å²) < 4.78 is 36.3. The first kappa shape index (κ1) is 16.7. The van der Waals surface area contributed by atoms with Gasteiger partial charge in [0.25, 0.3) is 0 Å². The van der Waals surface area contributed by atoms with Crippen LogP contribution in [0.5, 0.6) is 11.5 Å². The first-order chi connectivity index (χ1) is 9.32. The van der Waals surface area contributed by atoms with Gasteiger partial charge < -0.3 is 14.6 Å². The number of hydrogen-bond donors (Lipinski definition) is 1. The van der Waals surface area contributed by atoms with Crippen LogP contribution in [-0.2, 0) is 10.0 Å². The van der Waals surface area contributed by atoms with Gasteiger partial charge in [-0.25, -0.2) is 12.7 Å². The summed E-state index contributed by atoms with van der Waals surface area (Å²) in [5.41, 5.74) is 0. The van der Waals surface area contributed by atoms with Crippen LogP contribution in [0.25, 0.3) is 0 Å². The van der Waals surface area contributed by atoms with Crippen molar-refractivity contribution in [2.45, 2.75) is 24.3 Å². The summed E-state index contributed by atoms with van der Waals surface area (Å²) >= 11 is 0. The molecule has 20 heavy (non-hydrogen) atoms. The third-order valence-corrected chi connectivity index (χ3v) is 4.80. The fourth-order valence-electron chi connectivity index (χ4n) is 1.64. The van der Waals surface area contributed by atoms with Crippen LogP contribution in [0.4, 0.5) is 0 Å². The summed E-state index contributed by atoms with van der Waals surface area (Å²) in [5, 5.41) is 9.25. The van der Waals surface area contributed by atoms with Crippen molar-refractivity contribution in [3.8, 4) is 11.5 Å². The first-order valence-electron chi connectivity index (χ1n) is 6.19. The van der Waals surface area contributed by atoms with Gasteiger partial charge >= 0.3 is 0 Å². The Labute approximate surface area is 120 Å². The molecule has 1 atom stereocenters. The smallest absolute Gasteiger partial charge is 0.246 e. The lowest BCUT2D eigenvalue weighted by Crippen LogP contribution is -2.29. The highest BCUT2D eigenvalue weighted by Crippen LogP contribution is 2.30. The molecule has 0 saturated heterocycles. The van der Waals surface area contributed by atoms with Crippen LogP contribution in [0.15, 0.2) is 23.1 Å². The zero-order valence-corrected chi connectivity index (χ0v) is 13.0. The Morgan fingerprint density at radius 3 is 2.45 bits per heavy atom. The maximum Gasteiger partial charge on any atom is 0.246 e. The van der Waals surface area contributed by atoms with Crippen molar-refractivity contribution >= 4 is 10.0 Å². The van der Waals surface area contributed by atoms with Crippen molar-refractivity contribution in [3.05, 3.63) is 18.2 Å². The summed E-state index contributed by atoms with van der Waals surface area (Å²) in [7, 11) is 0.657. The zero-order chi connectivity index (χ0) is 15.3. The van der Waals surface area contributed by atoms with Crippen LogP contribution in [0, 0.1) is 0 Å². The second kappa shape index (κ2) is 6.92. The summed E-state index contributed by atoms with van der Waals surface area (Å²) in [6.07, 6.45) is -0.193. The third kappa shape index (κ3) is 3.84. The molecule has 1 rings (SSSR count). The van der Waals surface area contributed by atoms with Crippen molar-refractivity contribution in [3.63, 3.8) is 0 Å². The highest BCUT2D eigenvalue weighted by molar-refractivity contribution is 7.89. The van der Waals surface area contributed by atoms with Crippen molar-refractivity contribution in [2.24, 2.45) is 0 Å². The van der Waals surface area contributed by atoms with Gasteiger partial charge in [0.1, 0.15) is 16.4 Å². The van der Waals surface area contributed by atoms with Gasteiger partial charge in [-0.3, -0.25) is 0 Å². The van der Waals surface area contributed by atoms with E-state index in [4.69, 9.17) is 9.47 Å². The second-order valence-electron chi connectivity index (χ2n) is 4.48. The number of sulfonamides is 1. The minimum absolute atomic E-state index is 0.0486. The number of benzene rings is 1. The summed E-state index contributed by atoms with van der Waals surface area (Å²) in [5.74, 6) is 0.697. The molecule has 0 heterocycles. The lowest BCUT2D eigenvalue weighted by molar-refractivity contribution is 0.177. The number of aliphatic hydroxyl groups excluding tert-OH is 1. The Morgan fingerprint density at radius 2 is 1.95 bits per heavy atom. The van der Waals surface area contributed by atoms with E-state index in [2.05, 4.69) is 0 Å². The molecule has 0 aliphatic carbocycles. The van der Waals surface area contributed by atoms with Gasteiger partial charge in [0, 0.05) is 19.7 Å². The number of aliphatic hydroxyl groups is 1. The van der Waals surface area contributed by atoms with E-state index in [9.17, 15) is 13.5 Å². The number of rotatable bonds is 7. The summed E-state index contributed by atoms with van der Waals surface area (Å²) in [4.78, 5) is 0.0486. The SMILES string of the molecule is COc1ccc(OC)c(S(=O)(=O)N(C)CCC(C)O)c1. The lowest BCUT2D eigenvalue weighted by Gasteiger charge is -2.19. The molecular formula is C13H21NO5S. The van der Waals surface area contributed by atoms with Crippen LogP contribution in [0.3, 0.4) is 0 Å². The molecule has 7 heteroatoms. The first-order valence-corrected chi connectivity index (χ1v) is 7.63. The molecule has 0 aliphatic heterocycles. The summed E-state index contributed by atoms with van der Waals surface area (Å²) in [6, 6.07) is 4.61. The van der Waals surface area contributed by atoms with Gasteiger partial charge in [0.2, 0.25) is 10.0 Å². The molecule has 0 fully saturated rings. The molecule has 114 valence electrons. The second-order valence-corrected chi connectivity index (χ2v) is 6.49. The lowest BCUT2D eigenvalue weighted by atomic mass is 10.3. The Balaban J connectivity index is 3.13. The van der Waals surface area contributed by atoms with E-state index in [0.717, 1.165) is 0 Å². The molecule has 0 aliphatic rings. The van der Waals surface area contributed by atoms with Crippen LogP contribution in [0.2, 0.25) is 0 Å². The van der Waals surface area contributed by atoms with Crippen molar-refractivity contribution in [2.75, 3.05) is 27.8 Å². The van der Waals surface area contributed by atoms with Crippen molar-refractivity contribution < 1.29 is 23.0 Å². The van der Waals surface area contributed by atoms with Crippen molar-refractivity contribution in [1.82, 2.24) is 4.31 Å². The van der Waals surface area contributed by atoms with Crippen LogP contribution < -0.4 is 9.47 Å². The number of nitrogens with zero attached hydrogens (tertiary/aromatic N) is 1. The fourth-order valence-corrected chi connectivity index (χ4v) is 2.99. The molecule has 0 aromatic heterocycles. The number of hydrogen-bond acceptors (Lipinski definition) is 5. The molecule has 0 spiro atoms. The van der Waals surface area contributed by atoms with Gasteiger partial charge in [-0.05, 0) is 25.5 Å². The van der Waals surface area contributed by atoms with Gasteiger partial charge in [-0.2, -0.15) is 0 Å². The Hall–Kier alpha value is -1.31. The molecule has 1 unspecified atom stereocenters. The van der Waals surface area contributed by atoms with E-state index in [0.29, 0.717) is 12.2 Å². The van der Waals surface area contributed by atoms with Crippen LogP contribution >= 0.6 is 0 Å². The fraction of sp³-hybridized carbons (Fsp3) is 0.538. The Bertz CT molecular complexity index is 542. The van der Waals surface area contributed by atoms with E-state index < -0.39 is 16.1 Å². The maximum absolute atomic E-state index is 12.5. The molecule has 0 radical (unpaired) electrons. The number of ether oxygens (including phenoxy) is 2. The monoisotopic (exact) mass is 303 g/mol. The van der Waals surface area contributed by atoms with Gasteiger partial charge in [-0.15, -0.1) is 0 Å². The van der Waals surface area contributed by atoms with E-state index in [1.807, 2.05) is 0 Å². The van der Waals surface area contributed by atoms with Crippen LogP contribution in [0.1, 0.15) is 13.3 Å². The molecule has 0 saturated carbocycles. The quantitative estimate of drug-likeness (QED) is 0.816. The largest absolute Gasteiger partial charge is 0.497 e.